The van der Waals surface area contributed by atoms with E-state index in [0.29, 0.717) is 0 Å². The minimum absolute atomic E-state index is 0. The van der Waals surface area contributed by atoms with Gasteiger partial charge >= 0.3 is 0 Å². The van der Waals surface area contributed by atoms with E-state index in [1.54, 1.807) is 0 Å². The first kappa shape index (κ1) is 13.4. The molecule has 0 spiro atoms. The number of hydrogen-bond donors (Lipinski definition) is 1. The van der Waals surface area contributed by atoms with Gasteiger partial charge in [-0.1, -0.05) is 38.5 Å². The van der Waals surface area contributed by atoms with Gasteiger partial charge in [0.25, 0.3) is 0 Å². The topological polar surface area (TPSA) is 38.2 Å². The highest BCUT2D eigenvalue weighted by molar-refractivity contribution is 4.91. The molecule has 3 aliphatic rings. The first-order chi connectivity index (χ1) is 7.95. The van der Waals surface area contributed by atoms with Gasteiger partial charge in [0.05, 0.1) is 0 Å². The molecule has 0 aromatic rings. The maximum Gasteiger partial charge on any atom is 0.0101 e. The van der Waals surface area contributed by atoms with Crippen molar-refractivity contribution in [3.05, 3.63) is 0 Å². The van der Waals surface area contributed by atoms with Gasteiger partial charge in [0.15, 0.2) is 0 Å². The Hall–Kier alpha value is -0.0800. The Kier molecular flexibility index (Phi) is 4.87. The van der Waals surface area contributed by atoms with Crippen molar-refractivity contribution in [1.29, 1.82) is 0 Å². The smallest absolute Gasteiger partial charge is 0.0101 e. The van der Waals surface area contributed by atoms with Crippen LogP contribution in [0.3, 0.4) is 0 Å². The predicted octanol–water partition coefficient (Wildman–Crippen LogP) is 4.28. The van der Waals surface area contributed by atoms with Crippen molar-refractivity contribution in [3.63, 3.8) is 0 Å². The summed E-state index contributed by atoms with van der Waals surface area (Å²) in [7, 11) is 0. The molecular weight excluding hydrogens is 208 g/mol. The lowest BCUT2D eigenvalue weighted by Crippen LogP contribution is -2.46. The lowest BCUT2D eigenvalue weighted by Gasteiger charge is -2.39. The average Bonchev–Trinajstić information content (AvgIpc) is 3.02. The first-order valence-corrected chi connectivity index (χ1v) is 7.72. The van der Waals surface area contributed by atoms with Gasteiger partial charge in [0, 0.05) is 18.1 Å². The molecular formula is C15H30N2. The lowest BCUT2D eigenvalue weighted by atomic mass is 10.0. The Morgan fingerprint density at radius 3 is 0.941 bits per heavy atom. The van der Waals surface area contributed by atoms with Crippen molar-refractivity contribution >= 4 is 0 Å². The Morgan fingerprint density at radius 2 is 0.706 bits per heavy atom. The third-order valence-electron chi connectivity index (χ3n) is 5.24. The molecule has 3 aliphatic carbocycles. The molecule has 3 rings (SSSR count). The van der Waals surface area contributed by atoms with Crippen LogP contribution in [-0.2, 0) is 0 Å². The maximum atomic E-state index is 3.02. The van der Waals surface area contributed by atoms with E-state index in [1.165, 1.54) is 77.0 Å². The van der Waals surface area contributed by atoms with Gasteiger partial charge in [-0.15, -0.1) is 0 Å². The highest BCUT2D eigenvalue weighted by Crippen LogP contribution is 2.37. The van der Waals surface area contributed by atoms with Crippen LogP contribution in [0.15, 0.2) is 0 Å². The molecule has 0 amide bonds. The molecule has 17 heavy (non-hydrogen) atoms. The summed E-state index contributed by atoms with van der Waals surface area (Å²) in [5, 5.41) is 0. The monoisotopic (exact) mass is 238 g/mol. The summed E-state index contributed by atoms with van der Waals surface area (Å²) >= 11 is 0. The highest BCUT2D eigenvalue weighted by atomic mass is 15.2. The standard InChI is InChI=1S/C15H27N.H3N/c1-2-8-13(7-1)16(14-9-3-4-10-14)15-11-5-6-12-15;/h13-15H,1-12H2;1H3. The van der Waals surface area contributed by atoms with E-state index < -0.39 is 0 Å². The van der Waals surface area contributed by atoms with Crippen molar-refractivity contribution in [2.45, 2.75) is 95.2 Å². The van der Waals surface area contributed by atoms with Crippen LogP contribution in [0.2, 0.25) is 0 Å². The molecule has 0 aromatic heterocycles. The van der Waals surface area contributed by atoms with E-state index in [1.807, 2.05) is 0 Å². The summed E-state index contributed by atoms with van der Waals surface area (Å²) in [6.45, 7) is 0. The molecule has 100 valence electrons. The fourth-order valence-corrected chi connectivity index (χ4v) is 4.50. The van der Waals surface area contributed by atoms with E-state index in [-0.39, 0.29) is 6.15 Å². The molecule has 2 nitrogen and oxygen atoms in total. The lowest BCUT2D eigenvalue weighted by molar-refractivity contribution is 0.0841. The highest BCUT2D eigenvalue weighted by Gasteiger charge is 2.36. The SMILES string of the molecule is C1CCC(N(C2CCCC2)C2CCCC2)C1.N. The summed E-state index contributed by atoms with van der Waals surface area (Å²) in [5.41, 5.74) is 0. The molecule has 0 unspecified atom stereocenters. The van der Waals surface area contributed by atoms with Crippen molar-refractivity contribution < 1.29 is 0 Å². The fraction of sp³-hybridized carbons (Fsp3) is 1.00. The van der Waals surface area contributed by atoms with Crippen LogP contribution in [-0.4, -0.2) is 23.0 Å². The van der Waals surface area contributed by atoms with Crippen LogP contribution < -0.4 is 6.15 Å². The number of hydrogen-bond acceptors (Lipinski definition) is 2. The molecule has 0 aromatic carbocycles. The third kappa shape index (κ3) is 2.85. The minimum Gasteiger partial charge on any atom is -0.344 e. The van der Waals surface area contributed by atoms with E-state index in [9.17, 15) is 0 Å². The molecule has 3 saturated carbocycles. The molecule has 0 radical (unpaired) electrons. The number of nitrogens with zero attached hydrogens (tertiary/aromatic N) is 1. The third-order valence-corrected chi connectivity index (χ3v) is 5.24. The van der Waals surface area contributed by atoms with Crippen LogP contribution in [0.4, 0.5) is 0 Å². The number of rotatable bonds is 3. The van der Waals surface area contributed by atoms with Crippen molar-refractivity contribution in [2.75, 3.05) is 0 Å². The fourth-order valence-electron chi connectivity index (χ4n) is 4.50. The van der Waals surface area contributed by atoms with E-state index in [0.717, 1.165) is 18.1 Å². The molecule has 2 heteroatoms. The van der Waals surface area contributed by atoms with Crippen LogP contribution >= 0.6 is 0 Å². The van der Waals surface area contributed by atoms with E-state index in [2.05, 4.69) is 4.90 Å². The van der Waals surface area contributed by atoms with Crippen molar-refractivity contribution in [1.82, 2.24) is 11.1 Å². The first-order valence-electron chi connectivity index (χ1n) is 7.72. The molecule has 0 heterocycles. The summed E-state index contributed by atoms with van der Waals surface area (Å²) in [5.74, 6) is 0. The predicted molar refractivity (Wildman–Crippen MR) is 73.6 cm³/mol. The Balaban J connectivity index is 0.00000108. The van der Waals surface area contributed by atoms with Crippen molar-refractivity contribution in [3.8, 4) is 0 Å². The molecule has 3 N–H and O–H groups in total. The van der Waals surface area contributed by atoms with Crippen molar-refractivity contribution in [2.24, 2.45) is 0 Å². The van der Waals surface area contributed by atoms with Crippen LogP contribution in [0, 0.1) is 0 Å². The maximum absolute atomic E-state index is 3.02. The zero-order chi connectivity index (χ0) is 10.8. The van der Waals surface area contributed by atoms with Gasteiger partial charge in [-0.05, 0) is 38.5 Å². The normalized spacial score (nSPS) is 28.1. The molecule has 0 atom stereocenters. The van der Waals surface area contributed by atoms with Crippen LogP contribution in [0.25, 0.3) is 0 Å². The van der Waals surface area contributed by atoms with Gasteiger partial charge < -0.3 is 6.15 Å². The van der Waals surface area contributed by atoms with Crippen LogP contribution in [0.5, 0.6) is 0 Å². The average molecular weight is 238 g/mol. The second-order valence-electron chi connectivity index (χ2n) is 6.26. The quantitative estimate of drug-likeness (QED) is 0.797. The summed E-state index contributed by atoms with van der Waals surface area (Å²) in [6, 6.07) is 2.93. The van der Waals surface area contributed by atoms with Gasteiger partial charge in [-0.2, -0.15) is 0 Å². The minimum atomic E-state index is 0. The Labute approximate surface area is 107 Å². The van der Waals surface area contributed by atoms with E-state index in [4.69, 9.17) is 0 Å². The van der Waals surface area contributed by atoms with Crippen LogP contribution in [0.1, 0.15) is 77.0 Å². The molecule has 0 bridgehead atoms. The van der Waals surface area contributed by atoms with Gasteiger partial charge in [0.1, 0.15) is 0 Å². The summed E-state index contributed by atoms with van der Waals surface area (Å²) in [6.07, 6.45) is 18.0. The van der Waals surface area contributed by atoms with E-state index >= 15 is 0 Å². The largest absolute Gasteiger partial charge is 0.344 e. The summed E-state index contributed by atoms with van der Waals surface area (Å²) in [4.78, 5) is 3.02. The van der Waals surface area contributed by atoms with Gasteiger partial charge in [-0.3, -0.25) is 4.90 Å². The second-order valence-corrected chi connectivity index (χ2v) is 6.26. The Morgan fingerprint density at radius 1 is 0.471 bits per heavy atom. The second kappa shape index (κ2) is 6.19. The zero-order valence-corrected chi connectivity index (χ0v) is 11.4. The van der Waals surface area contributed by atoms with Gasteiger partial charge in [0.2, 0.25) is 0 Å². The molecule has 3 fully saturated rings. The zero-order valence-electron chi connectivity index (χ0n) is 11.4. The summed E-state index contributed by atoms with van der Waals surface area (Å²) < 4.78 is 0. The molecule has 0 aliphatic heterocycles. The van der Waals surface area contributed by atoms with Gasteiger partial charge in [-0.25, -0.2) is 0 Å². The Bertz CT molecular complexity index is 173. The molecule has 0 saturated heterocycles.